The first-order valence-electron chi connectivity index (χ1n) is 16.1. The van der Waals surface area contributed by atoms with E-state index in [4.69, 9.17) is 0 Å². The smallest absolute Gasteiger partial charge is 0.408 e. The summed E-state index contributed by atoms with van der Waals surface area (Å²) in [7, 11) is -4.24. The van der Waals surface area contributed by atoms with E-state index in [9.17, 15) is 42.9 Å². The molecule has 7 atom stereocenters. The fourth-order valence-electron chi connectivity index (χ4n) is 6.69. The fraction of sp³-hybridized carbons (Fsp3) is 0.750. The van der Waals surface area contributed by atoms with Gasteiger partial charge >= 0.3 is 6.09 Å². The van der Waals surface area contributed by atoms with Gasteiger partial charge in [-0.25, -0.2) is 13.2 Å². The van der Waals surface area contributed by atoms with Crippen LogP contribution in [0.2, 0.25) is 0 Å². The van der Waals surface area contributed by atoms with E-state index >= 15 is 0 Å². The largest absolute Gasteiger partial charge is 0.465 e. The Balaban J connectivity index is 1.93. The third-order valence-corrected chi connectivity index (χ3v) is 11.9. The van der Waals surface area contributed by atoms with Gasteiger partial charge in [0.25, 0.3) is 5.91 Å². The predicted octanol–water partition coefficient (Wildman–Crippen LogP) is 2.15. The number of aliphatic hydroxyl groups is 2. The molecule has 0 spiro atoms. The summed E-state index contributed by atoms with van der Waals surface area (Å²) in [6.45, 7) is 15.6. The number of aliphatic hydroxyl groups excluding tert-OH is 2. The number of β-amino-alcohol motifs (C(OH)–C–C–N with tert-alkyl or cyclic N) is 1. The summed E-state index contributed by atoms with van der Waals surface area (Å²) in [6, 6.07) is -2.40. The number of likely N-dealkylation sites (tertiary alicyclic amines) is 1. The predicted molar refractivity (Wildman–Crippen MR) is 172 cm³/mol. The van der Waals surface area contributed by atoms with Gasteiger partial charge in [0.2, 0.25) is 21.8 Å². The minimum absolute atomic E-state index is 0.0683. The van der Waals surface area contributed by atoms with Crippen molar-refractivity contribution in [2.75, 3.05) is 13.2 Å². The highest BCUT2D eigenvalue weighted by molar-refractivity contribution is 7.91. The number of carboxylic acid groups (broad SMARTS) is 1. The standard InChI is InChI=1S/C32H52N4O9S/c1-8-11-12-20(4)15-21(9-2)25(36(29(42)43)30(5,6)7)27(40)35-18-23(38)16-24(35)26(39)33-32(17-22(32)10-3)28(41)34-46(44,45)31(19-37)13-14-31/h8,10,20-25,37-38H,1,3,9,11-19H2,2,4-7H3,(H,33,39)(H,34,41)(H,42,43)/t20?,21-,22-,23-,24+,25+,32-/m1/s1. The van der Waals surface area contributed by atoms with Crippen LogP contribution in [0.4, 0.5) is 4.79 Å². The van der Waals surface area contributed by atoms with Crippen LogP contribution in [0.1, 0.15) is 86.0 Å². The van der Waals surface area contributed by atoms with Crippen LogP contribution in [0, 0.1) is 17.8 Å². The molecule has 1 unspecified atom stereocenters. The summed E-state index contributed by atoms with van der Waals surface area (Å²) >= 11 is 0. The van der Waals surface area contributed by atoms with Gasteiger partial charge in [-0.05, 0) is 71.1 Å². The van der Waals surface area contributed by atoms with Crippen molar-refractivity contribution in [3.63, 3.8) is 0 Å². The van der Waals surface area contributed by atoms with E-state index in [1.165, 1.54) is 11.0 Å². The van der Waals surface area contributed by atoms with Gasteiger partial charge in [0.15, 0.2) is 0 Å². The first-order valence-corrected chi connectivity index (χ1v) is 17.6. The van der Waals surface area contributed by atoms with Crippen LogP contribution in [0.5, 0.6) is 0 Å². The van der Waals surface area contributed by atoms with Gasteiger partial charge in [0, 0.05) is 24.4 Å². The zero-order valence-corrected chi connectivity index (χ0v) is 28.5. The number of allylic oxidation sites excluding steroid dienone is 1. The highest BCUT2D eigenvalue weighted by atomic mass is 32.2. The van der Waals surface area contributed by atoms with Crippen LogP contribution in [-0.4, -0.2) is 105 Å². The molecule has 1 aliphatic heterocycles. The molecule has 1 saturated heterocycles. The average molecular weight is 669 g/mol. The molecular weight excluding hydrogens is 616 g/mol. The summed E-state index contributed by atoms with van der Waals surface area (Å²) in [4.78, 5) is 56.8. The van der Waals surface area contributed by atoms with Crippen molar-refractivity contribution in [2.24, 2.45) is 17.8 Å². The zero-order chi connectivity index (χ0) is 34.8. The van der Waals surface area contributed by atoms with Crippen LogP contribution < -0.4 is 10.0 Å². The molecule has 3 fully saturated rings. The highest BCUT2D eigenvalue weighted by Gasteiger charge is 2.63. The third kappa shape index (κ3) is 7.60. The first-order chi connectivity index (χ1) is 21.3. The number of hydrogen-bond acceptors (Lipinski definition) is 8. The van der Waals surface area contributed by atoms with E-state index < -0.39 is 86.3 Å². The van der Waals surface area contributed by atoms with Crippen LogP contribution in [0.15, 0.2) is 25.3 Å². The van der Waals surface area contributed by atoms with E-state index in [1.54, 1.807) is 20.8 Å². The molecule has 3 rings (SSSR count). The monoisotopic (exact) mass is 668 g/mol. The number of carbonyl (C=O) groups excluding carboxylic acids is 3. The van der Waals surface area contributed by atoms with Gasteiger partial charge in [-0.15, -0.1) is 13.2 Å². The number of carbonyl (C=O) groups is 4. The van der Waals surface area contributed by atoms with Gasteiger partial charge in [0.1, 0.15) is 22.4 Å². The molecule has 0 aromatic heterocycles. The quantitative estimate of drug-likeness (QED) is 0.153. The minimum Gasteiger partial charge on any atom is -0.465 e. The van der Waals surface area contributed by atoms with E-state index in [1.807, 2.05) is 24.6 Å². The molecule has 4 amide bonds. The third-order valence-electron chi connectivity index (χ3n) is 9.81. The molecule has 2 aliphatic carbocycles. The molecule has 1 heterocycles. The second-order valence-corrected chi connectivity index (χ2v) is 16.4. The number of nitrogens with zero attached hydrogens (tertiary/aromatic N) is 2. The van der Waals surface area contributed by atoms with Crippen molar-refractivity contribution in [1.82, 2.24) is 19.8 Å². The number of amides is 4. The highest BCUT2D eigenvalue weighted by Crippen LogP contribution is 2.47. The van der Waals surface area contributed by atoms with E-state index in [-0.39, 0.29) is 38.1 Å². The summed E-state index contributed by atoms with van der Waals surface area (Å²) in [6.07, 6.45) is 3.78. The molecular formula is C32H52N4O9S. The molecule has 0 radical (unpaired) electrons. The van der Waals surface area contributed by atoms with Crippen molar-refractivity contribution in [1.29, 1.82) is 0 Å². The van der Waals surface area contributed by atoms with Crippen molar-refractivity contribution < 1.29 is 42.9 Å². The Bertz CT molecular complexity index is 1310. The second-order valence-electron chi connectivity index (χ2n) is 14.3. The van der Waals surface area contributed by atoms with Gasteiger partial charge < -0.3 is 25.5 Å². The Morgan fingerprint density at radius 3 is 2.26 bits per heavy atom. The first kappa shape index (κ1) is 37.5. The Morgan fingerprint density at radius 2 is 1.80 bits per heavy atom. The van der Waals surface area contributed by atoms with E-state index in [2.05, 4.69) is 18.5 Å². The topological polar surface area (TPSA) is 194 Å². The maximum atomic E-state index is 14.5. The SMILES string of the molecule is C=CCCC(C)C[C@@H](CC)[C@@H](C(=O)N1C[C@H](O)C[C@H]1C(=O)N[C@]1(C(=O)NS(=O)(=O)C2(CO)CC2)C[C@H]1C=C)N(C(=O)O)C(C)(C)C. The van der Waals surface area contributed by atoms with Crippen molar-refractivity contribution in [2.45, 2.75) is 120 Å². The lowest BCUT2D eigenvalue weighted by Crippen LogP contribution is -2.62. The Hall–Kier alpha value is -2.97. The van der Waals surface area contributed by atoms with E-state index in [0.717, 1.165) is 17.7 Å². The maximum absolute atomic E-state index is 14.5. The molecule has 0 bridgehead atoms. The molecule has 5 N–H and O–H groups in total. The van der Waals surface area contributed by atoms with E-state index in [0.29, 0.717) is 12.8 Å². The lowest BCUT2D eigenvalue weighted by molar-refractivity contribution is -0.146. The number of sulfonamides is 1. The molecule has 14 heteroatoms. The van der Waals surface area contributed by atoms with Gasteiger partial charge in [0.05, 0.1) is 12.7 Å². The van der Waals surface area contributed by atoms with Crippen molar-refractivity contribution in [3.8, 4) is 0 Å². The number of nitrogens with one attached hydrogen (secondary N) is 2. The number of rotatable bonds is 16. The Labute approximate surface area is 272 Å². The van der Waals surface area contributed by atoms with Crippen LogP contribution in [0.3, 0.4) is 0 Å². The number of hydrogen-bond donors (Lipinski definition) is 5. The summed E-state index contributed by atoms with van der Waals surface area (Å²) in [5.74, 6) is -3.20. The van der Waals surface area contributed by atoms with Gasteiger partial charge in [-0.3, -0.25) is 24.0 Å². The fourth-order valence-corrected chi connectivity index (χ4v) is 8.14. The van der Waals surface area contributed by atoms with Crippen molar-refractivity contribution in [3.05, 3.63) is 25.3 Å². The molecule has 0 aromatic carbocycles. The summed E-state index contributed by atoms with van der Waals surface area (Å²) in [5.41, 5.74) is -2.63. The molecule has 260 valence electrons. The van der Waals surface area contributed by atoms with Gasteiger partial charge in [-0.1, -0.05) is 32.4 Å². The average Bonchev–Trinajstić information content (AvgIpc) is 3.87. The second kappa shape index (κ2) is 14.0. The summed E-state index contributed by atoms with van der Waals surface area (Å²) < 4.78 is 26.4. The minimum atomic E-state index is -4.24. The molecule has 3 aliphatic rings. The molecule has 2 saturated carbocycles. The molecule has 0 aromatic rings. The van der Waals surface area contributed by atoms with Gasteiger partial charge in [-0.2, -0.15) is 0 Å². The lowest BCUT2D eigenvalue weighted by atomic mass is 9.83. The molecule has 46 heavy (non-hydrogen) atoms. The van der Waals surface area contributed by atoms with Crippen LogP contribution >= 0.6 is 0 Å². The Morgan fingerprint density at radius 1 is 1.17 bits per heavy atom. The maximum Gasteiger partial charge on any atom is 0.408 e. The van der Waals surface area contributed by atoms with Crippen LogP contribution in [0.25, 0.3) is 0 Å². The normalized spacial score (nSPS) is 27.1. The Kier molecular flexibility index (Phi) is 11.4. The summed E-state index contributed by atoms with van der Waals surface area (Å²) in [5, 5.41) is 33.3. The van der Waals surface area contributed by atoms with Crippen LogP contribution in [-0.2, 0) is 24.4 Å². The molecule has 13 nitrogen and oxygen atoms in total. The zero-order valence-electron chi connectivity index (χ0n) is 27.7. The lowest BCUT2D eigenvalue weighted by Gasteiger charge is -2.44. The van der Waals surface area contributed by atoms with Crippen molar-refractivity contribution >= 4 is 33.8 Å².